The molecule has 0 bridgehead atoms. The molecule has 29 heavy (non-hydrogen) atoms. The average Bonchev–Trinajstić information content (AvgIpc) is 2.67. The van der Waals surface area contributed by atoms with Gasteiger partial charge in [0.1, 0.15) is 5.82 Å². The van der Waals surface area contributed by atoms with Gasteiger partial charge in [-0.3, -0.25) is 9.69 Å². The maximum absolute atomic E-state index is 11.6. The summed E-state index contributed by atoms with van der Waals surface area (Å²) in [6.45, 7) is 6.30. The van der Waals surface area contributed by atoms with Crippen LogP contribution in [-0.4, -0.2) is 47.0 Å². The molecule has 1 atom stereocenters. The molecule has 2 N–H and O–H groups in total. The number of hydrogen-bond donors (Lipinski definition) is 1. The highest BCUT2D eigenvalue weighted by molar-refractivity contribution is 6.33. The fourth-order valence-corrected chi connectivity index (χ4v) is 4.40. The summed E-state index contributed by atoms with van der Waals surface area (Å²) in [6.07, 6.45) is 0. The Morgan fingerprint density at radius 1 is 1.14 bits per heavy atom. The van der Waals surface area contributed by atoms with Crippen LogP contribution in [0.2, 0.25) is 5.02 Å². The average molecular weight is 410 g/mol. The number of primary amides is 1. The third kappa shape index (κ3) is 3.91. The molecule has 0 saturated carbocycles. The molecule has 1 aromatic heterocycles. The third-order valence-electron chi connectivity index (χ3n) is 5.39. The Hall–Kier alpha value is -2.70. The number of carbonyl (C=O) groups is 1. The van der Waals surface area contributed by atoms with Crippen molar-refractivity contribution in [3.8, 4) is 0 Å². The number of aromatic nitrogens is 2. The lowest BCUT2D eigenvalue weighted by Gasteiger charge is -2.42. The van der Waals surface area contributed by atoms with Crippen molar-refractivity contribution in [1.29, 1.82) is 0 Å². The molecular formula is C22H24ClN5O. The number of benzene rings is 2. The van der Waals surface area contributed by atoms with Crippen LogP contribution in [0.15, 0.2) is 42.5 Å². The smallest absolute Gasteiger partial charge is 0.231 e. The normalized spacial score (nSPS) is 17.6. The molecule has 1 saturated heterocycles. The van der Waals surface area contributed by atoms with Crippen LogP contribution in [-0.2, 0) is 4.79 Å². The fraction of sp³-hybridized carbons (Fsp3) is 0.318. The van der Waals surface area contributed by atoms with E-state index in [0.29, 0.717) is 11.6 Å². The van der Waals surface area contributed by atoms with Crippen molar-refractivity contribution in [3.05, 3.63) is 64.6 Å². The number of piperazine rings is 1. The first kappa shape index (κ1) is 19.6. The number of nitrogens with two attached hydrogens (primary N) is 1. The van der Waals surface area contributed by atoms with Crippen LogP contribution in [0.25, 0.3) is 10.9 Å². The minimum atomic E-state index is -0.324. The second-order valence-corrected chi connectivity index (χ2v) is 7.89. The fourth-order valence-electron chi connectivity index (χ4n) is 4.16. The first-order valence-corrected chi connectivity index (χ1v) is 10.1. The maximum atomic E-state index is 11.6. The van der Waals surface area contributed by atoms with Crippen molar-refractivity contribution in [3.63, 3.8) is 0 Å². The van der Waals surface area contributed by atoms with Gasteiger partial charge in [-0.15, -0.1) is 0 Å². The molecule has 6 nitrogen and oxygen atoms in total. The van der Waals surface area contributed by atoms with E-state index in [9.17, 15) is 4.79 Å². The summed E-state index contributed by atoms with van der Waals surface area (Å²) >= 11 is 6.55. The summed E-state index contributed by atoms with van der Waals surface area (Å²) in [4.78, 5) is 25.4. The Bertz CT molecular complexity index is 1070. The van der Waals surface area contributed by atoms with Crippen molar-refractivity contribution < 1.29 is 4.79 Å². The van der Waals surface area contributed by atoms with E-state index >= 15 is 0 Å². The Balaban J connectivity index is 1.87. The van der Waals surface area contributed by atoms with Crippen LogP contribution in [0.4, 0.5) is 5.69 Å². The van der Waals surface area contributed by atoms with Crippen molar-refractivity contribution in [2.45, 2.75) is 19.9 Å². The molecule has 150 valence electrons. The highest BCUT2D eigenvalue weighted by atomic mass is 35.5. The second-order valence-electron chi connectivity index (χ2n) is 7.49. The first-order chi connectivity index (χ1) is 13.9. The zero-order chi connectivity index (χ0) is 20.5. The van der Waals surface area contributed by atoms with Gasteiger partial charge < -0.3 is 10.6 Å². The van der Waals surface area contributed by atoms with Crippen molar-refractivity contribution in [1.82, 2.24) is 14.9 Å². The predicted octanol–water partition coefficient (Wildman–Crippen LogP) is 3.25. The quantitative estimate of drug-likeness (QED) is 0.715. The van der Waals surface area contributed by atoms with Crippen LogP contribution in [0, 0.1) is 13.8 Å². The number of anilines is 1. The monoisotopic (exact) mass is 409 g/mol. The number of aryl methyl sites for hydroxylation is 2. The van der Waals surface area contributed by atoms with Gasteiger partial charge in [-0.2, -0.15) is 0 Å². The molecule has 2 aromatic carbocycles. The molecule has 4 rings (SSSR count). The number of para-hydroxylation sites is 1. The number of halogens is 1. The topological polar surface area (TPSA) is 75.4 Å². The summed E-state index contributed by atoms with van der Waals surface area (Å²) < 4.78 is 0. The number of nitrogens with zero attached hydrogens (tertiary/aromatic N) is 4. The van der Waals surface area contributed by atoms with E-state index in [-0.39, 0.29) is 18.5 Å². The number of carbonyl (C=O) groups excluding carboxylic acids is 1. The van der Waals surface area contributed by atoms with Gasteiger partial charge in [0.15, 0.2) is 0 Å². The minimum Gasteiger partial charge on any atom is -0.369 e. The van der Waals surface area contributed by atoms with Crippen molar-refractivity contribution in [2.24, 2.45) is 5.73 Å². The van der Waals surface area contributed by atoms with Gasteiger partial charge in [0, 0.05) is 25.0 Å². The molecule has 3 aromatic rings. The molecule has 0 radical (unpaired) electrons. The van der Waals surface area contributed by atoms with E-state index in [4.69, 9.17) is 22.3 Å². The zero-order valence-electron chi connectivity index (χ0n) is 16.6. The largest absolute Gasteiger partial charge is 0.369 e. The SMILES string of the molecule is Cc1nc(C2CN(CC(N)=O)CCN2c2ccccc2Cl)c2c(C)cccc2n1. The van der Waals surface area contributed by atoms with Gasteiger partial charge in [0.2, 0.25) is 5.91 Å². The molecule has 1 amide bonds. The van der Waals surface area contributed by atoms with E-state index in [1.54, 1.807) is 0 Å². The lowest BCUT2D eigenvalue weighted by molar-refractivity contribution is -0.119. The highest BCUT2D eigenvalue weighted by Gasteiger charge is 2.32. The lowest BCUT2D eigenvalue weighted by Crippen LogP contribution is -2.51. The van der Waals surface area contributed by atoms with Gasteiger partial charge in [0.25, 0.3) is 0 Å². The molecule has 1 aliphatic rings. The molecule has 1 unspecified atom stereocenters. The summed E-state index contributed by atoms with van der Waals surface area (Å²) in [5.41, 5.74) is 9.46. The molecule has 0 aliphatic carbocycles. The standard InChI is InChI=1S/C22H24ClN5O/c1-14-6-5-8-17-21(14)22(26-15(2)25-17)19-12-27(13-20(24)29)10-11-28(19)18-9-4-3-7-16(18)23/h3-9,19H,10-13H2,1-2H3,(H2,24,29). The van der Waals surface area contributed by atoms with E-state index in [1.807, 2.05) is 43.3 Å². The van der Waals surface area contributed by atoms with E-state index < -0.39 is 0 Å². The first-order valence-electron chi connectivity index (χ1n) is 9.69. The third-order valence-corrected chi connectivity index (χ3v) is 5.71. The van der Waals surface area contributed by atoms with E-state index in [2.05, 4.69) is 27.8 Å². The van der Waals surface area contributed by atoms with Crippen LogP contribution in [0.5, 0.6) is 0 Å². The Labute approximate surface area is 175 Å². The molecule has 1 fully saturated rings. The Morgan fingerprint density at radius 3 is 2.69 bits per heavy atom. The number of amides is 1. The summed E-state index contributed by atoms with van der Waals surface area (Å²) in [5.74, 6) is 0.402. The highest BCUT2D eigenvalue weighted by Crippen LogP contribution is 2.37. The number of rotatable bonds is 4. The van der Waals surface area contributed by atoms with Crippen LogP contribution in [0.1, 0.15) is 23.1 Å². The number of hydrogen-bond acceptors (Lipinski definition) is 5. The van der Waals surface area contributed by atoms with Gasteiger partial charge in [-0.25, -0.2) is 9.97 Å². The summed E-state index contributed by atoms with van der Waals surface area (Å²) in [5, 5.41) is 1.76. The molecule has 7 heteroatoms. The minimum absolute atomic E-state index is 0.0756. The molecular weight excluding hydrogens is 386 g/mol. The molecule has 2 heterocycles. The van der Waals surface area contributed by atoms with Gasteiger partial charge >= 0.3 is 0 Å². The lowest BCUT2D eigenvalue weighted by atomic mass is 9.99. The zero-order valence-corrected chi connectivity index (χ0v) is 17.4. The Kier molecular flexibility index (Phi) is 5.39. The van der Waals surface area contributed by atoms with Crippen molar-refractivity contribution in [2.75, 3.05) is 31.1 Å². The summed E-state index contributed by atoms with van der Waals surface area (Å²) in [6, 6.07) is 13.9. The molecule has 0 spiro atoms. The van der Waals surface area contributed by atoms with Gasteiger partial charge in [0.05, 0.1) is 34.5 Å². The van der Waals surface area contributed by atoms with E-state index in [1.165, 1.54) is 0 Å². The predicted molar refractivity (Wildman–Crippen MR) is 116 cm³/mol. The van der Waals surface area contributed by atoms with Crippen molar-refractivity contribution >= 4 is 34.1 Å². The van der Waals surface area contributed by atoms with Crippen LogP contribution < -0.4 is 10.6 Å². The van der Waals surface area contributed by atoms with Gasteiger partial charge in [-0.1, -0.05) is 35.9 Å². The second kappa shape index (κ2) is 7.97. The van der Waals surface area contributed by atoms with Gasteiger partial charge in [-0.05, 0) is 37.6 Å². The summed E-state index contributed by atoms with van der Waals surface area (Å²) in [7, 11) is 0. The molecule has 1 aliphatic heterocycles. The van der Waals surface area contributed by atoms with Crippen LogP contribution >= 0.6 is 11.6 Å². The van der Waals surface area contributed by atoms with Crippen LogP contribution in [0.3, 0.4) is 0 Å². The maximum Gasteiger partial charge on any atom is 0.231 e. The Morgan fingerprint density at radius 2 is 1.93 bits per heavy atom. The number of fused-ring (bicyclic) bond motifs is 1. The van der Waals surface area contributed by atoms with E-state index in [0.717, 1.165) is 46.8 Å².